The van der Waals surface area contributed by atoms with Crippen molar-refractivity contribution < 1.29 is 0 Å². The Morgan fingerprint density at radius 1 is 1.25 bits per heavy atom. The molecule has 0 radical (unpaired) electrons. The molecule has 2 rings (SSSR count). The molecule has 1 aromatic carbocycles. The standard InChI is InChI=1S/C12H12N2O2/c1-2-5-10-12(16)13-9-7-4-3-6-8(9)11(15)14-10/h3-4,6-7H,2,5H2,1H3,(H,13,16). The number of aromatic amines is 1. The van der Waals surface area contributed by atoms with E-state index < -0.39 is 0 Å². The number of rotatable bonds is 2. The van der Waals surface area contributed by atoms with E-state index >= 15 is 0 Å². The molecule has 1 N–H and O–H groups in total. The molecule has 0 saturated carbocycles. The second kappa shape index (κ2) is 4.26. The van der Waals surface area contributed by atoms with Gasteiger partial charge in [-0.3, -0.25) is 9.59 Å². The molecule has 0 amide bonds. The number of aromatic nitrogens is 2. The van der Waals surface area contributed by atoms with Gasteiger partial charge in [0, 0.05) is 0 Å². The summed E-state index contributed by atoms with van der Waals surface area (Å²) in [6, 6.07) is 6.90. The van der Waals surface area contributed by atoms with Crippen molar-refractivity contribution in [2.75, 3.05) is 0 Å². The Labute approximate surface area is 92.0 Å². The Morgan fingerprint density at radius 2 is 2.00 bits per heavy atom. The molecule has 0 spiro atoms. The zero-order valence-corrected chi connectivity index (χ0v) is 8.99. The second-order valence-electron chi connectivity index (χ2n) is 3.61. The summed E-state index contributed by atoms with van der Waals surface area (Å²) >= 11 is 0. The smallest absolute Gasteiger partial charge is 0.279 e. The van der Waals surface area contributed by atoms with Gasteiger partial charge in [0.25, 0.3) is 11.1 Å². The lowest BCUT2D eigenvalue weighted by Crippen LogP contribution is -2.13. The number of benzene rings is 1. The minimum Gasteiger partial charge on any atom is -0.320 e. The summed E-state index contributed by atoms with van der Waals surface area (Å²) in [4.78, 5) is 30.0. The van der Waals surface area contributed by atoms with Gasteiger partial charge >= 0.3 is 0 Å². The molecule has 0 atom stereocenters. The minimum atomic E-state index is -0.350. The zero-order valence-electron chi connectivity index (χ0n) is 8.99. The molecule has 0 fully saturated rings. The van der Waals surface area contributed by atoms with Gasteiger partial charge in [-0.2, -0.15) is 0 Å². The SMILES string of the molecule is CCCc1nc(=O)c2ccccc2[nH]c1=O. The molecule has 0 aliphatic rings. The predicted octanol–water partition coefficient (Wildman–Crippen LogP) is 1.24. The normalized spacial score (nSPS) is 10.6. The third-order valence-corrected chi connectivity index (χ3v) is 2.39. The third-order valence-electron chi connectivity index (χ3n) is 2.39. The molecule has 82 valence electrons. The maximum atomic E-state index is 11.8. The fraction of sp³-hybridized carbons (Fsp3) is 0.250. The molecule has 0 aliphatic carbocycles. The van der Waals surface area contributed by atoms with Crippen molar-refractivity contribution in [3.8, 4) is 0 Å². The van der Waals surface area contributed by atoms with Crippen molar-refractivity contribution in [1.29, 1.82) is 0 Å². The molecule has 1 aromatic heterocycles. The maximum absolute atomic E-state index is 11.8. The first-order chi connectivity index (χ1) is 7.72. The van der Waals surface area contributed by atoms with Crippen LogP contribution in [0.1, 0.15) is 19.0 Å². The number of hydrogen-bond donors (Lipinski definition) is 1. The van der Waals surface area contributed by atoms with Crippen LogP contribution in [0.3, 0.4) is 0 Å². The highest BCUT2D eigenvalue weighted by Crippen LogP contribution is 2.02. The van der Waals surface area contributed by atoms with E-state index in [0.29, 0.717) is 23.0 Å². The van der Waals surface area contributed by atoms with E-state index in [2.05, 4.69) is 9.97 Å². The van der Waals surface area contributed by atoms with Crippen LogP contribution in [-0.4, -0.2) is 9.97 Å². The lowest BCUT2D eigenvalue weighted by molar-refractivity contribution is 0.863. The fourth-order valence-corrected chi connectivity index (χ4v) is 1.61. The Bertz CT molecular complexity index is 632. The number of nitrogens with zero attached hydrogens (tertiary/aromatic N) is 1. The van der Waals surface area contributed by atoms with E-state index in [-0.39, 0.29) is 11.1 Å². The van der Waals surface area contributed by atoms with Gasteiger partial charge in [0.15, 0.2) is 0 Å². The molecule has 4 nitrogen and oxygen atoms in total. The van der Waals surface area contributed by atoms with Gasteiger partial charge < -0.3 is 4.98 Å². The molecule has 0 bridgehead atoms. The highest BCUT2D eigenvalue weighted by Gasteiger charge is 2.03. The molecule has 1 heterocycles. The molecule has 4 heteroatoms. The zero-order chi connectivity index (χ0) is 11.5. The highest BCUT2D eigenvalue weighted by molar-refractivity contribution is 5.76. The number of H-pyrrole nitrogens is 1. The molecular weight excluding hydrogens is 204 g/mol. The van der Waals surface area contributed by atoms with Crippen molar-refractivity contribution in [2.45, 2.75) is 19.8 Å². The molecule has 0 unspecified atom stereocenters. The van der Waals surface area contributed by atoms with Crippen molar-refractivity contribution in [1.82, 2.24) is 9.97 Å². The van der Waals surface area contributed by atoms with Crippen molar-refractivity contribution in [3.05, 3.63) is 50.7 Å². The van der Waals surface area contributed by atoms with Crippen LogP contribution >= 0.6 is 0 Å². The Balaban J connectivity index is 2.87. The summed E-state index contributed by atoms with van der Waals surface area (Å²) in [5.41, 5.74) is 0.216. The highest BCUT2D eigenvalue weighted by atomic mass is 16.1. The Morgan fingerprint density at radius 3 is 2.75 bits per heavy atom. The van der Waals surface area contributed by atoms with Gasteiger partial charge in [0.2, 0.25) is 0 Å². The first kappa shape index (κ1) is 10.5. The van der Waals surface area contributed by atoms with Gasteiger partial charge in [-0.25, -0.2) is 4.98 Å². The summed E-state index contributed by atoms with van der Waals surface area (Å²) in [6.07, 6.45) is 1.31. The lowest BCUT2D eigenvalue weighted by Gasteiger charge is -1.87. The van der Waals surface area contributed by atoms with Crippen LogP contribution in [0.5, 0.6) is 0 Å². The maximum Gasteiger partial charge on any atom is 0.279 e. The molecule has 0 saturated heterocycles. The molecule has 16 heavy (non-hydrogen) atoms. The minimum absolute atomic E-state index is 0.278. The van der Waals surface area contributed by atoms with Crippen LogP contribution in [0.4, 0.5) is 0 Å². The third kappa shape index (κ3) is 1.86. The van der Waals surface area contributed by atoms with Crippen LogP contribution in [0.15, 0.2) is 33.9 Å². The van der Waals surface area contributed by atoms with E-state index in [1.165, 1.54) is 0 Å². The average Bonchev–Trinajstić information content (AvgIpc) is 2.39. The Kier molecular flexibility index (Phi) is 2.81. The van der Waals surface area contributed by atoms with Gasteiger partial charge in [-0.1, -0.05) is 25.5 Å². The van der Waals surface area contributed by atoms with Gasteiger partial charge in [0.1, 0.15) is 5.69 Å². The fourth-order valence-electron chi connectivity index (χ4n) is 1.61. The topological polar surface area (TPSA) is 62.8 Å². The second-order valence-corrected chi connectivity index (χ2v) is 3.61. The van der Waals surface area contributed by atoms with E-state index in [4.69, 9.17) is 0 Å². The van der Waals surface area contributed by atoms with E-state index in [1.54, 1.807) is 24.3 Å². The molecule has 0 aliphatic heterocycles. The first-order valence-electron chi connectivity index (χ1n) is 5.24. The van der Waals surface area contributed by atoms with Gasteiger partial charge in [-0.15, -0.1) is 0 Å². The van der Waals surface area contributed by atoms with E-state index in [0.717, 1.165) is 6.42 Å². The van der Waals surface area contributed by atoms with Crippen LogP contribution in [-0.2, 0) is 6.42 Å². The van der Waals surface area contributed by atoms with Crippen molar-refractivity contribution in [2.24, 2.45) is 0 Å². The lowest BCUT2D eigenvalue weighted by atomic mass is 10.2. The van der Waals surface area contributed by atoms with Crippen LogP contribution < -0.4 is 11.1 Å². The molecular formula is C12H12N2O2. The summed E-state index contributed by atoms with van der Waals surface area (Å²) in [5, 5.41) is 0.446. The summed E-state index contributed by atoms with van der Waals surface area (Å²) in [5.74, 6) is 0. The monoisotopic (exact) mass is 216 g/mol. The number of nitrogens with one attached hydrogen (secondary N) is 1. The van der Waals surface area contributed by atoms with Crippen LogP contribution in [0.25, 0.3) is 10.9 Å². The summed E-state index contributed by atoms with van der Waals surface area (Å²) in [6.45, 7) is 1.94. The van der Waals surface area contributed by atoms with Crippen LogP contribution in [0.2, 0.25) is 0 Å². The molecule has 2 aromatic rings. The average molecular weight is 216 g/mol. The number of fused-ring (bicyclic) bond motifs is 1. The quantitative estimate of drug-likeness (QED) is 0.821. The van der Waals surface area contributed by atoms with Gasteiger partial charge in [-0.05, 0) is 18.6 Å². The van der Waals surface area contributed by atoms with Crippen molar-refractivity contribution in [3.63, 3.8) is 0 Å². The van der Waals surface area contributed by atoms with Crippen LogP contribution in [0, 0.1) is 0 Å². The number of hydrogen-bond acceptors (Lipinski definition) is 3. The largest absolute Gasteiger partial charge is 0.320 e. The first-order valence-corrected chi connectivity index (χ1v) is 5.24. The van der Waals surface area contributed by atoms with Gasteiger partial charge in [0.05, 0.1) is 10.9 Å². The van der Waals surface area contributed by atoms with Crippen molar-refractivity contribution >= 4 is 10.9 Å². The number of para-hydroxylation sites is 1. The van der Waals surface area contributed by atoms with E-state index in [9.17, 15) is 9.59 Å². The Hall–Kier alpha value is -1.97. The summed E-state index contributed by atoms with van der Waals surface area (Å²) in [7, 11) is 0. The number of aryl methyl sites for hydroxylation is 1. The predicted molar refractivity (Wildman–Crippen MR) is 62.6 cm³/mol. The van der Waals surface area contributed by atoms with E-state index in [1.807, 2.05) is 6.92 Å². The summed E-state index contributed by atoms with van der Waals surface area (Å²) < 4.78 is 0.